The molecule has 0 N–H and O–H groups in total. The van der Waals surface area contributed by atoms with E-state index in [2.05, 4.69) is 60.7 Å². The fourth-order valence-electron chi connectivity index (χ4n) is 6.94. The van der Waals surface area contributed by atoms with Crippen molar-refractivity contribution in [2.45, 2.75) is 0 Å². The van der Waals surface area contributed by atoms with Crippen molar-refractivity contribution in [2.75, 3.05) is 0 Å². The van der Waals surface area contributed by atoms with Crippen LogP contribution in [-0.4, -0.2) is 15.0 Å². The van der Waals surface area contributed by atoms with Crippen molar-refractivity contribution in [2.24, 2.45) is 0 Å². The van der Waals surface area contributed by atoms with Crippen molar-refractivity contribution in [1.82, 2.24) is 15.0 Å². The van der Waals surface area contributed by atoms with Gasteiger partial charge in [0.2, 0.25) is 0 Å². The molecular formula is C45H27N3O2. The van der Waals surface area contributed by atoms with Crippen LogP contribution < -0.4 is 0 Å². The molecule has 3 heterocycles. The Hall–Kier alpha value is -6.85. The Balaban J connectivity index is 1.28. The number of benzene rings is 7. The first kappa shape index (κ1) is 28.2. The lowest BCUT2D eigenvalue weighted by atomic mass is 9.96. The van der Waals surface area contributed by atoms with Gasteiger partial charge in [0.1, 0.15) is 22.3 Å². The lowest BCUT2D eigenvalue weighted by Crippen LogP contribution is -2.01. The second-order valence-corrected chi connectivity index (χ2v) is 12.4. The van der Waals surface area contributed by atoms with Crippen LogP contribution in [0.25, 0.3) is 100 Å². The first-order chi connectivity index (χ1) is 24.8. The van der Waals surface area contributed by atoms with Gasteiger partial charge in [0.25, 0.3) is 0 Å². The van der Waals surface area contributed by atoms with Crippen molar-refractivity contribution in [1.29, 1.82) is 0 Å². The first-order valence-corrected chi connectivity index (χ1v) is 16.6. The van der Waals surface area contributed by atoms with E-state index >= 15 is 0 Å². The van der Waals surface area contributed by atoms with Crippen molar-refractivity contribution >= 4 is 43.9 Å². The number of para-hydroxylation sites is 2. The molecule has 0 fully saturated rings. The Kier molecular flexibility index (Phi) is 6.42. The van der Waals surface area contributed by atoms with Crippen molar-refractivity contribution < 1.29 is 8.83 Å². The van der Waals surface area contributed by atoms with Crippen LogP contribution in [0.2, 0.25) is 0 Å². The van der Waals surface area contributed by atoms with E-state index in [0.29, 0.717) is 17.5 Å². The summed E-state index contributed by atoms with van der Waals surface area (Å²) in [6.07, 6.45) is 0. The van der Waals surface area contributed by atoms with Crippen LogP contribution >= 0.6 is 0 Å². The summed E-state index contributed by atoms with van der Waals surface area (Å²) in [6, 6.07) is 55.6. The third-order valence-corrected chi connectivity index (χ3v) is 9.33. The Bertz CT molecular complexity index is 2860. The molecule has 50 heavy (non-hydrogen) atoms. The molecule has 0 saturated heterocycles. The molecular weight excluding hydrogens is 615 g/mol. The summed E-state index contributed by atoms with van der Waals surface area (Å²) in [6.45, 7) is 0. The largest absolute Gasteiger partial charge is 0.456 e. The monoisotopic (exact) mass is 641 g/mol. The van der Waals surface area contributed by atoms with Gasteiger partial charge in [-0.3, -0.25) is 0 Å². The standard InChI is InChI=1S/C45H27N3O2/c1-4-14-28(15-5-1)34-27-41-36(32-20-10-12-22-39(32)49-41)26-38(34)45-47-43(30-18-8-3-9-19-30)46-44(48-45)31-24-35(29-16-6-2-7-17-29)42-37(25-31)33-21-11-13-23-40(33)50-42/h1-27H. The molecule has 7 aromatic carbocycles. The smallest absolute Gasteiger partial charge is 0.164 e. The normalized spacial score (nSPS) is 11.6. The van der Waals surface area contributed by atoms with Crippen molar-refractivity contribution in [3.8, 4) is 56.4 Å². The van der Waals surface area contributed by atoms with Crippen LogP contribution in [0.5, 0.6) is 0 Å². The molecule has 10 rings (SSSR count). The van der Waals surface area contributed by atoms with E-state index < -0.39 is 0 Å². The van der Waals surface area contributed by atoms with E-state index in [1.54, 1.807) is 0 Å². The third kappa shape index (κ3) is 4.67. The van der Waals surface area contributed by atoms with Crippen LogP contribution in [0, 0.1) is 0 Å². The minimum atomic E-state index is 0.578. The van der Waals surface area contributed by atoms with Gasteiger partial charge in [0.15, 0.2) is 17.5 Å². The quantitative estimate of drug-likeness (QED) is 0.187. The van der Waals surface area contributed by atoms with Crippen LogP contribution in [0.1, 0.15) is 0 Å². The summed E-state index contributed by atoms with van der Waals surface area (Å²) >= 11 is 0. The number of aromatic nitrogens is 3. The highest BCUT2D eigenvalue weighted by Crippen LogP contribution is 2.41. The highest BCUT2D eigenvalue weighted by molar-refractivity contribution is 6.11. The average Bonchev–Trinajstić information content (AvgIpc) is 3.76. The summed E-state index contributed by atoms with van der Waals surface area (Å²) in [5.41, 5.74) is 10.1. The minimum Gasteiger partial charge on any atom is -0.456 e. The molecule has 234 valence electrons. The molecule has 0 bridgehead atoms. The van der Waals surface area contributed by atoms with Gasteiger partial charge in [-0.2, -0.15) is 0 Å². The Morgan fingerprint density at radius 2 is 0.820 bits per heavy atom. The van der Waals surface area contributed by atoms with E-state index in [9.17, 15) is 0 Å². The molecule has 0 unspecified atom stereocenters. The molecule has 5 nitrogen and oxygen atoms in total. The lowest BCUT2D eigenvalue weighted by molar-refractivity contribution is 0.669. The van der Waals surface area contributed by atoms with Crippen molar-refractivity contribution in [3.05, 3.63) is 164 Å². The SMILES string of the molecule is c1ccc(-c2nc(-c3cc(-c4ccccc4)c4oc5ccccc5c4c3)nc(-c3cc4c(cc3-c3ccccc3)oc3ccccc34)n2)cc1. The second kappa shape index (κ2) is 11.4. The predicted octanol–water partition coefficient (Wildman–Crippen LogP) is 12.0. The van der Waals surface area contributed by atoms with Crippen molar-refractivity contribution in [3.63, 3.8) is 0 Å². The molecule has 0 atom stereocenters. The number of rotatable bonds is 5. The zero-order valence-corrected chi connectivity index (χ0v) is 26.7. The molecule has 3 aromatic heterocycles. The van der Waals surface area contributed by atoms with E-state index in [0.717, 1.165) is 82.8 Å². The summed E-state index contributed by atoms with van der Waals surface area (Å²) in [7, 11) is 0. The van der Waals surface area contributed by atoms with E-state index in [1.807, 2.05) is 103 Å². The molecule has 0 radical (unpaired) electrons. The maximum Gasteiger partial charge on any atom is 0.164 e. The number of hydrogen-bond donors (Lipinski definition) is 0. The van der Waals surface area contributed by atoms with Gasteiger partial charge in [-0.05, 0) is 53.1 Å². The molecule has 0 aliphatic rings. The summed E-state index contributed by atoms with van der Waals surface area (Å²) < 4.78 is 12.8. The fourth-order valence-corrected chi connectivity index (χ4v) is 6.94. The number of hydrogen-bond acceptors (Lipinski definition) is 5. The fraction of sp³-hybridized carbons (Fsp3) is 0. The third-order valence-electron chi connectivity index (χ3n) is 9.33. The van der Waals surface area contributed by atoms with Crippen LogP contribution in [0.4, 0.5) is 0 Å². The Labute approximate surface area is 287 Å². The molecule has 5 heteroatoms. The topological polar surface area (TPSA) is 65.0 Å². The number of fused-ring (bicyclic) bond motifs is 6. The maximum absolute atomic E-state index is 6.49. The average molecular weight is 642 g/mol. The molecule has 0 aliphatic heterocycles. The van der Waals surface area contributed by atoms with Gasteiger partial charge in [-0.25, -0.2) is 15.0 Å². The predicted molar refractivity (Wildman–Crippen MR) is 202 cm³/mol. The van der Waals surface area contributed by atoms with Gasteiger partial charge >= 0.3 is 0 Å². The number of furan rings is 2. The Morgan fingerprint density at radius 3 is 1.50 bits per heavy atom. The molecule has 0 amide bonds. The van der Waals surface area contributed by atoms with E-state index in [-0.39, 0.29) is 0 Å². The molecule has 10 aromatic rings. The van der Waals surface area contributed by atoms with E-state index in [1.165, 1.54) is 0 Å². The van der Waals surface area contributed by atoms with Crippen LogP contribution in [-0.2, 0) is 0 Å². The highest BCUT2D eigenvalue weighted by atomic mass is 16.3. The first-order valence-electron chi connectivity index (χ1n) is 16.6. The van der Waals surface area contributed by atoms with Crippen LogP contribution in [0.15, 0.2) is 173 Å². The Morgan fingerprint density at radius 1 is 0.300 bits per heavy atom. The van der Waals surface area contributed by atoms with Crippen LogP contribution in [0.3, 0.4) is 0 Å². The zero-order valence-electron chi connectivity index (χ0n) is 26.7. The lowest BCUT2D eigenvalue weighted by Gasteiger charge is -2.13. The molecule has 0 aliphatic carbocycles. The number of nitrogens with zero attached hydrogens (tertiary/aromatic N) is 3. The van der Waals surface area contributed by atoms with E-state index in [4.69, 9.17) is 23.8 Å². The molecule has 0 spiro atoms. The van der Waals surface area contributed by atoms with Gasteiger partial charge < -0.3 is 8.83 Å². The summed E-state index contributed by atoms with van der Waals surface area (Å²) in [5.74, 6) is 1.76. The summed E-state index contributed by atoms with van der Waals surface area (Å²) in [5, 5.41) is 4.11. The zero-order chi connectivity index (χ0) is 33.0. The van der Waals surface area contributed by atoms with Gasteiger partial charge in [-0.15, -0.1) is 0 Å². The maximum atomic E-state index is 6.49. The molecule has 0 saturated carbocycles. The second-order valence-electron chi connectivity index (χ2n) is 12.4. The van der Waals surface area contributed by atoms with Gasteiger partial charge in [0.05, 0.1) is 0 Å². The van der Waals surface area contributed by atoms with Gasteiger partial charge in [0, 0.05) is 43.8 Å². The minimum absolute atomic E-state index is 0.578. The summed E-state index contributed by atoms with van der Waals surface area (Å²) in [4.78, 5) is 15.6. The highest BCUT2D eigenvalue weighted by Gasteiger charge is 2.21. The van der Waals surface area contributed by atoms with Gasteiger partial charge in [-0.1, -0.05) is 127 Å².